The predicted octanol–water partition coefficient (Wildman–Crippen LogP) is -1.56. The smallest absolute Gasteiger partial charge is 0.268 e. The molecule has 1 unspecified atom stereocenters. The van der Waals surface area contributed by atoms with Crippen LogP contribution in [0, 0.1) is 0 Å². The van der Waals surface area contributed by atoms with Gasteiger partial charge in [-0.05, 0) is 6.42 Å². The molecule has 0 bridgehead atoms. The Morgan fingerprint density at radius 1 is 1.93 bits per heavy atom. The van der Waals surface area contributed by atoms with Gasteiger partial charge in [0.25, 0.3) is 5.91 Å². The van der Waals surface area contributed by atoms with Crippen LogP contribution in [0.5, 0.6) is 0 Å². The highest BCUT2D eigenvalue weighted by Gasteiger charge is 2.28. The molecule has 0 aliphatic carbocycles. The lowest BCUT2D eigenvalue weighted by Crippen LogP contribution is -2.48. The normalized spacial score (nSPS) is 22.6. The standard InChI is InChI=1S/C8H13N3O3/c1-2-3-5(9)7(12)10-6-4-14-11-8(6)13/h2,5-6H,1,3-4,9H2,(H,10,12)(H,11,13)/t5?,6-/m1/s1. The molecule has 0 aromatic carbocycles. The number of hydrogen-bond acceptors (Lipinski definition) is 4. The Labute approximate surface area is 81.4 Å². The zero-order valence-electron chi connectivity index (χ0n) is 7.66. The van der Waals surface area contributed by atoms with Gasteiger partial charge in [-0.15, -0.1) is 6.58 Å². The lowest BCUT2D eigenvalue weighted by atomic mass is 10.2. The second-order valence-electron chi connectivity index (χ2n) is 2.97. The molecule has 0 aromatic heterocycles. The molecule has 0 saturated carbocycles. The Kier molecular flexibility index (Phi) is 3.61. The summed E-state index contributed by atoms with van der Waals surface area (Å²) in [6, 6.07) is -1.31. The molecule has 1 fully saturated rings. The number of rotatable bonds is 4. The van der Waals surface area contributed by atoms with E-state index in [0.717, 1.165) is 0 Å². The van der Waals surface area contributed by atoms with Crippen molar-refractivity contribution in [2.75, 3.05) is 6.61 Å². The molecular weight excluding hydrogens is 186 g/mol. The van der Waals surface area contributed by atoms with Crippen molar-refractivity contribution in [2.24, 2.45) is 5.73 Å². The number of hydroxylamine groups is 1. The number of nitrogens with two attached hydrogens (primary N) is 1. The van der Waals surface area contributed by atoms with Crippen LogP contribution in [0.25, 0.3) is 0 Å². The highest BCUT2D eigenvalue weighted by molar-refractivity contribution is 5.90. The monoisotopic (exact) mass is 199 g/mol. The van der Waals surface area contributed by atoms with E-state index in [0.29, 0.717) is 6.42 Å². The summed E-state index contributed by atoms with van der Waals surface area (Å²) in [5, 5.41) is 2.46. The van der Waals surface area contributed by atoms with Crippen LogP contribution in [-0.4, -0.2) is 30.5 Å². The second-order valence-corrected chi connectivity index (χ2v) is 2.97. The molecule has 0 radical (unpaired) electrons. The molecule has 1 heterocycles. The van der Waals surface area contributed by atoms with Crippen LogP contribution in [0.15, 0.2) is 12.7 Å². The molecule has 0 aromatic rings. The van der Waals surface area contributed by atoms with Crippen molar-refractivity contribution < 1.29 is 14.4 Å². The van der Waals surface area contributed by atoms with Gasteiger partial charge in [0.2, 0.25) is 5.91 Å². The molecule has 1 aliphatic heterocycles. The summed E-state index contributed by atoms with van der Waals surface area (Å²) < 4.78 is 0. The van der Waals surface area contributed by atoms with E-state index in [4.69, 9.17) is 5.73 Å². The quantitative estimate of drug-likeness (QED) is 0.477. The van der Waals surface area contributed by atoms with Gasteiger partial charge in [0.05, 0.1) is 6.04 Å². The summed E-state index contributed by atoms with van der Waals surface area (Å²) in [6.07, 6.45) is 1.93. The summed E-state index contributed by atoms with van der Waals surface area (Å²) >= 11 is 0. The van der Waals surface area contributed by atoms with Crippen LogP contribution in [0.4, 0.5) is 0 Å². The summed E-state index contributed by atoms with van der Waals surface area (Å²) in [5.41, 5.74) is 7.63. The number of amides is 2. The van der Waals surface area contributed by atoms with E-state index < -0.39 is 12.1 Å². The molecule has 0 spiro atoms. The summed E-state index contributed by atoms with van der Waals surface area (Å²) in [6.45, 7) is 3.60. The van der Waals surface area contributed by atoms with Crippen LogP contribution in [0.2, 0.25) is 0 Å². The van der Waals surface area contributed by atoms with Gasteiger partial charge in [0, 0.05) is 0 Å². The highest BCUT2D eigenvalue weighted by Crippen LogP contribution is 1.96. The van der Waals surface area contributed by atoms with Crippen molar-refractivity contribution in [1.29, 1.82) is 0 Å². The van der Waals surface area contributed by atoms with Crippen molar-refractivity contribution in [1.82, 2.24) is 10.8 Å². The van der Waals surface area contributed by atoms with Crippen molar-refractivity contribution in [3.05, 3.63) is 12.7 Å². The van der Waals surface area contributed by atoms with Gasteiger partial charge in [0.15, 0.2) is 0 Å². The van der Waals surface area contributed by atoms with Crippen molar-refractivity contribution in [3.8, 4) is 0 Å². The van der Waals surface area contributed by atoms with E-state index in [2.05, 4.69) is 22.2 Å². The summed E-state index contributed by atoms with van der Waals surface area (Å²) in [7, 11) is 0. The van der Waals surface area contributed by atoms with E-state index >= 15 is 0 Å². The zero-order valence-corrected chi connectivity index (χ0v) is 7.66. The molecule has 6 heteroatoms. The van der Waals surface area contributed by atoms with Gasteiger partial charge >= 0.3 is 0 Å². The number of nitrogens with one attached hydrogen (secondary N) is 2. The fourth-order valence-electron chi connectivity index (χ4n) is 1.02. The molecular formula is C8H13N3O3. The van der Waals surface area contributed by atoms with Gasteiger partial charge in [-0.25, -0.2) is 5.48 Å². The largest absolute Gasteiger partial charge is 0.341 e. The first-order valence-corrected chi connectivity index (χ1v) is 4.23. The first-order valence-electron chi connectivity index (χ1n) is 4.23. The lowest BCUT2D eigenvalue weighted by Gasteiger charge is -2.12. The SMILES string of the molecule is C=CCC(N)C(=O)N[C@@H]1CONC1=O. The average Bonchev–Trinajstić information content (AvgIpc) is 2.52. The van der Waals surface area contributed by atoms with Crippen LogP contribution in [0.1, 0.15) is 6.42 Å². The highest BCUT2D eigenvalue weighted by atomic mass is 16.7. The maximum atomic E-state index is 11.3. The van der Waals surface area contributed by atoms with Crippen LogP contribution in [-0.2, 0) is 14.4 Å². The second kappa shape index (κ2) is 4.73. The predicted molar refractivity (Wildman–Crippen MR) is 48.8 cm³/mol. The van der Waals surface area contributed by atoms with E-state index in [9.17, 15) is 9.59 Å². The third kappa shape index (κ3) is 2.54. The van der Waals surface area contributed by atoms with Crippen LogP contribution < -0.4 is 16.5 Å². The molecule has 1 aliphatic rings. The molecule has 4 N–H and O–H groups in total. The molecule has 2 amide bonds. The molecule has 1 rings (SSSR count). The van der Waals surface area contributed by atoms with Gasteiger partial charge in [-0.1, -0.05) is 6.08 Å². The Morgan fingerprint density at radius 2 is 2.64 bits per heavy atom. The van der Waals surface area contributed by atoms with Gasteiger partial charge in [-0.2, -0.15) is 0 Å². The Bertz CT molecular complexity index is 254. The van der Waals surface area contributed by atoms with Gasteiger partial charge in [-0.3, -0.25) is 14.4 Å². The zero-order chi connectivity index (χ0) is 10.6. The first-order chi connectivity index (χ1) is 6.65. The van der Waals surface area contributed by atoms with Crippen molar-refractivity contribution >= 4 is 11.8 Å². The third-order valence-electron chi connectivity index (χ3n) is 1.81. The lowest BCUT2D eigenvalue weighted by molar-refractivity contribution is -0.129. The minimum Gasteiger partial charge on any atom is -0.341 e. The third-order valence-corrected chi connectivity index (χ3v) is 1.81. The fourth-order valence-corrected chi connectivity index (χ4v) is 1.02. The summed E-state index contributed by atoms with van der Waals surface area (Å²) in [5.74, 6) is -0.736. The Balaban J connectivity index is 2.39. The number of hydrogen-bond donors (Lipinski definition) is 3. The van der Waals surface area contributed by atoms with Crippen LogP contribution in [0.3, 0.4) is 0 Å². The topological polar surface area (TPSA) is 93.5 Å². The Hall–Kier alpha value is -1.40. The minimum absolute atomic E-state index is 0.130. The average molecular weight is 199 g/mol. The van der Waals surface area contributed by atoms with Gasteiger partial charge in [0.1, 0.15) is 12.6 Å². The number of carbonyl (C=O) groups excluding carboxylic acids is 2. The molecule has 14 heavy (non-hydrogen) atoms. The minimum atomic E-state index is -0.666. The van der Waals surface area contributed by atoms with E-state index in [1.165, 1.54) is 0 Å². The summed E-state index contributed by atoms with van der Waals surface area (Å²) in [4.78, 5) is 26.9. The first kappa shape index (κ1) is 10.7. The molecule has 2 atom stereocenters. The van der Waals surface area contributed by atoms with Gasteiger partial charge < -0.3 is 11.1 Å². The van der Waals surface area contributed by atoms with E-state index in [1.807, 2.05) is 0 Å². The van der Waals surface area contributed by atoms with E-state index in [-0.39, 0.29) is 18.4 Å². The maximum Gasteiger partial charge on any atom is 0.268 e. The van der Waals surface area contributed by atoms with Crippen molar-refractivity contribution in [3.63, 3.8) is 0 Å². The molecule has 78 valence electrons. The van der Waals surface area contributed by atoms with E-state index in [1.54, 1.807) is 6.08 Å². The van der Waals surface area contributed by atoms with Crippen LogP contribution >= 0.6 is 0 Å². The fraction of sp³-hybridized carbons (Fsp3) is 0.500. The molecule has 1 saturated heterocycles. The Morgan fingerprint density at radius 3 is 3.14 bits per heavy atom. The number of carbonyl (C=O) groups is 2. The maximum absolute atomic E-state index is 11.3. The van der Waals surface area contributed by atoms with Crippen molar-refractivity contribution in [2.45, 2.75) is 18.5 Å². The molecule has 6 nitrogen and oxygen atoms in total.